The minimum Gasteiger partial charge on any atom is -0.465 e. The molecular formula is C14H20BrN3O2. The fraction of sp³-hybridized carbons (Fsp3) is 0.571. The first kappa shape index (κ1) is 15.3. The SMILES string of the molecule is O=C(O)N1CCC(CCNCc2cc(Br)ccn2)CC1. The van der Waals surface area contributed by atoms with Crippen molar-refractivity contribution >= 4 is 22.0 Å². The molecule has 0 radical (unpaired) electrons. The van der Waals surface area contributed by atoms with Crippen LogP contribution in [0.1, 0.15) is 25.0 Å². The minimum absolute atomic E-state index is 0.633. The van der Waals surface area contributed by atoms with Gasteiger partial charge in [0.1, 0.15) is 0 Å². The van der Waals surface area contributed by atoms with Crippen LogP contribution in [0.15, 0.2) is 22.8 Å². The van der Waals surface area contributed by atoms with E-state index in [0.29, 0.717) is 19.0 Å². The van der Waals surface area contributed by atoms with Crippen molar-refractivity contribution in [2.24, 2.45) is 5.92 Å². The van der Waals surface area contributed by atoms with Gasteiger partial charge in [0.25, 0.3) is 0 Å². The lowest BCUT2D eigenvalue weighted by Gasteiger charge is -2.29. The third kappa shape index (κ3) is 4.76. The van der Waals surface area contributed by atoms with Crippen LogP contribution in [0, 0.1) is 5.92 Å². The average molecular weight is 342 g/mol. The number of hydrogen-bond donors (Lipinski definition) is 2. The molecule has 110 valence electrons. The number of rotatable bonds is 5. The number of nitrogens with zero attached hydrogens (tertiary/aromatic N) is 2. The maximum absolute atomic E-state index is 10.8. The van der Waals surface area contributed by atoms with E-state index in [1.807, 2.05) is 12.1 Å². The van der Waals surface area contributed by atoms with Crippen LogP contribution in [-0.2, 0) is 6.54 Å². The second-order valence-corrected chi connectivity index (χ2v) is 6.06. The summed E-state index contributed by atoms with van der Waals surface area (Å²) in [6.07, 6.45) is 4.05. The molecule has 2 rings (SSSR count). The highest BCUT2D eigenvalue weighted by Crippen LogP contribution is 2.20. The molecule has 0 aliphatic carbocycles. The van der Waals surface area contributed by atoms with Crippen LogP contribution in [0.2, 0.25) is 0 Å². The molecule has 1 amide bonds. The molecule has 0 saturated carbocycles. The molecule has 1 aliphatic heterocycles. The predicted octanol–water partition coefficient (Wildman–Crippen LogP) is 2.71. The molecule has 2 N–H and O–H groups in total. The van der Waals surface area contributed by atoms with Crippen molar-refractivity contribution in [2.75, 3.05) is 19.6 Å². The number of hydrogen-bond acceptors (Lipinski definition) is 3. The van der Waals surface area contributed by atoms with Crippen LogP contribution in [-0.4, -0.2) is 40.7 Å². The molecule has 20 heavy (non-hydrogen) atoms. The molecule has 2 heterocycles. The Bertz CT molecular complexity index is 448. The second-order valence-electron chi connectivity index (χ2n) is 5.14. The summed E-state index contributed by atoms with van der Waals surface area (Å²) in [7, 11) is 0. The van der Waals surface area contributed by atoms with Gasteiger partial charge in [-0.05, 0) is 43.9 Å². The number of amides is 1. The van der Waals surface area contributed by atoms with Gasteiger partial charge in [0.05, 0.1) is 5.69 Å². The Balaban J connectivity index is 1.61. The number of pyridine rings is 1. The van der Waals surface area contributed by atoms with E-state index >= 15 is 0 Å². The summed E-state index contributed by atoms with van der Waals surface area (Å²) in [4.78, 5) is 16.6. The first-order valence-corrected chi connectivity index (χ1v) is 7.73. The van der Waals surface area contributed by atoms with Crippen LogP contribution < -0.4 is 5.32 Å². The van der Waals surface area contributed by atoms with Crippen LogP contribution >= 0.6 is 15.9 Å². The summed E-state index contributed by atoms with van der Waals surface area (Å²) in [6.45, 7) is 3.07. The van der Waals surface area contributed by atoms with Crippen LogP contribution in [0.3, 0.4) is 0 Å². The molecule has 1 saturated heterocycles. The third-order valence-corrected chi connectivity index (χ3v) is 4.19. The lowest BCUT2D eigenvalue weighted by Crippen LogP contribution is -2.38. The van der Waals surface area contributed by atoms with E-state index in [0.717, 1.165) is 42.5 Å². The first-order chi connectivity index (χ1) is 9.65. The van der Waals surface area contributed by atoms with Crippen molar-refractivity contribution in [1.82, 2.24) is 15.2 Å². The quantitative estimate of drug-likeness (QED) is 0.808. The van der Waals surface area contributed by atoms with Crippen LogP contribution in [0.25, 0.3) is 0 Å². The summed E-state index contributed by atoms with van der Waals surface area (Å²) in [5.41, 5.74) is 1.03. The fourth-order valence-corrected chi connectivity index (χ4v) is 2.86. The number of piperidine rings is 1. The number of halogens is 1. The van der Waals surface area contributed by atoms with Gasteiger partial charge in [-0.1, -0.05) is 15.9 Å². The van der Waals surface area contributed by atoms with Gasteiger partial charge in [-0.15, -0.1) is 0 Å². The van der Waals surface area contributed by atoms with E-state index in [-0.39, 0.29) is 0 Å². The first-order valence-electron chi connectivity index (χ1n) is 6.94. The summed E-state index contributed by atoms with van der Waals surface area (Å²) < 4.78 is 1.05. The molecule has 1 fully saturated rings. The molecule has 5 nitrogen and oxygen atoms in total. The lowest BCUT2D eigenvalue weighted by molar-refractivity contribution is 0.123. The molecular weight excluding hydrogens is 322 g/mol. The number of carboxylic acid groups (broad SMARTS) is 1. The van der Waals surface area contributed by atoms with E-state index < -0.39 is 6.09 Å². The van der Waals surface area contributed by atoms with Gasteiger partial charge in [0, 0.05) is 30.3 Å². The van der Waals surface area contributed by atoms with Crippen LogP contribution in [0.4, 0.5) is 4.79 Å². The van der Waals surface area contributed by atoms with Crippen molar-refractivity contribution < 1.29 is 9.90 Å². The average Bonchev–Trinajstić information content (AvgIpc) is 2.44. The number of aromatic nitrogens is 1. The molecule has 1 aromatic rings. The van der Waals surface area contributed by atoms with Crippen molar-refractivity contribution in [2.45, 2.75) is 25.8 Å². The highest BCUT2D eigenvalue weighted by atomic mass is 79.9. The molecule has 0 atom stereocenters. The molecule has 0 aromatic carbocycles. The molecule has 0 bridgehead atoms. The molecule has 0 spiro atoms. The lowest BCUT2D eigenvalue weighted by atomic mass is 9.94. The Hall–Kier alpha value is -1.14. The minimum atomic E-state index is -0.790. The van der Waals surface area contributed by atoms with Crippen molar-refractivity contribution in [1.29, 1.82) is 0 Å². The van der Waals surface area contributed by atoms with Gasteiger partial charge in [0.2, 0.25) is 0 Å². The number of likely N-dealkylation sites (tertiary alicyclic amines) is 1. The Labute approximate surface area is 127 Å². The van der Waals surface area contributed by atoms with Gasteiger partial charge >= 0.3 is 6.09 Å². The smallest absolute Gasteiger partial charge is 0.407 e. The zero-order valence-electron chi connectivity index (χ0n) is 11.4. The Kier molecular flexibility index (Phi) is 5.79. The highest BCUT2D eigenvalue weighted by molar-refractivity contribution is 9.10. The largest absolute Gasteiger partial charge is 0.465 e. The molecule has 6 heteroatoms. The van der Waals surface area contributed by atoms with Crippen LogP contribution in [0.5, 0.6) is 0 Å². The number of carbonyl (C=O) groups is 1. The van der Waals surface area contributed by atoms with Crippen molar-refractivity contribution in [3.8, 4) is 0 Å². The monoisotopic (exact) mass is 341 g/mol. The van der Waals surface area contributed by atoms with Gasteiger partial charge in [0.15, 0.2) is 0 Å². The fourth-order valence-electron chi connectivity index (χ4n) is 2.48. The maximum atomic E-state index is 10.8. The molecule has 1 aliphatic rings. The zero-order chi connectivity index (χ0) is 14.4. The molecule has 0 unspecified atom stereocenters. The van der Waals surface area contributed by atoms with E-state index in [9.17, 15) is 4.79 Å². The van der Waals surface area contributed by atoms with E-state index in [1.54, 1.807) is 6.20 Å². The summed E-state index contributed by atoms with van der Waals surface area (Å²) >= 11 is 3.43. The second kappa shape index (κ2) is 7.59. The van der Waals surface area contributed by atoms with Crippen molar-refractivity contribution in [3.05, 3.63) is 28.5 Å². The third-order valence-electron chi connectivity index (χ3n) is 3.70. The van der Waals surface area contributed by atoms with E-state index in [1.165, 1.54) is 4.90 Å². The maximum Gasteiger partial charge on any atom is 0.407 e. The van der Waals surface area contributed by atoms with E-state index in [2.05, 4.69) is 26.2 Å². The standard InChI is InChI=1S/C14H20BrN3O2/c15-12-2-6-17-13(9-12)10-16-5-1-11-3-7-18(8-4-11)14(19)20/h2,6,9,11,16H,1,3-5,7-8,10H2,(H,19,20). The highest BCUT2D eigenvalue weighted by Gasteiger charge is 2.21. The Morgan fingerprint density at radius 1 is 1.50 bits per heavy atom. The zero-order valence-corrected chi connectivity index (χ0v) is 13.0. The van der Waals surface area contributed by atoms with Gasteiger partial charge < -0.3 is 15.3 Å². The Morgan fingerprint density at radius 3 is 2.90 bits per heavy atom. The number of nitrogens with one attached hydrogen (secondary N) is 1. The van der Waals surface area contributed by atoms with Gasteiger partial charge in [-0.2, -0.15) is 0 Å². The van der Waals surface area contributed by atoms with Gasteiger partial charge in [-0.25, -0.2) is 4.79 Å². The summed E-state index contributed by atoms with van der Waals surface area (Å²) in [6, 6.07) is 3.93. The van der Waals surface area contributed by atoms with E-state index in [4.69, 9.17) is 5.11 Å². The summed E-state index contributed by atoms with van der Waals surface area (Å²) in [5.74, 6) is 0.633. The predicted molar refractivity (Wildman–Crippen MR) is 80.6 cm³/mol. The summed E-state index contributed by atoms with van der Waals surface area (Å²) in [5, 5.41) is 12.3. The topological polar surface area (TPSA) is 65.5 Å². The Morgan fingerprint density at radius 2 is 2.25 bits per heavy atom. The van der Waals surface area contributed by atoms with Crippen molar-refractivity contribution in [3.63, 3.8) is 0 Å². The normalized spacial score (nSPS) is 16.4. The van der Waals surface area contributed by atoms with Gasteiger partial charge in [-0.3, -0.25) is 4.98 Å². The molecule has 1 aromatic heterocycles.